The van der Waals surface area contributed by atoms with Crippen molar-refractivity contribution in [3.63, 3.8) is 0 Å². The molecule has 2 unspecified atom stereocenters. The Morgan fingerprint density at radius 1 is 1.13 bits per heavy atom. The molecule has 1 heterocycles. The number of carbonyl (C=O) groups excluding carboxylic acids is 1. The highest BCUT2D eigenvalue weighted by molar-refractivity contribution is 14.0. The van der Waals surface area contributed by atoms with Crippen LogP contribution in [0.2, 0.25) is 0 Å². The average molecular weight is 543 g/mol. The Labute approximate surface area is 204 Å². The summed E-state index contributed by atoms with van der Waals surface area (Å²) in [5.74, 6) is 0.945. The predicted molar refractivity (Wildman–Crippen MR) is 137 cm³/mol. The Bertz CT molecular complexity index is 718. The SMILES string of the molecule is CCNC(=NCc1ccc(C(=O)N2CC(C)OC(C)C2)cc1)NCC1(CC)CCC1.I. The zero-order chi connectivity index (χ0) is 21.6. The van der Waals surface area contributed by atoms with Crippen molar-refractivity contribution in [3.05, 3.63) is 35.4 Å². The lowest BCUT2D eigenvalue weighted by Crippen LogP contribution is -2.48. The van der Waals surface area contributed by atoms with E-state index in [-0.39, 0.29) is 42.1 Å². The summed E-state index contributed by atoms with van der Waals surface area (Å²) in [5, 5.41) is 6.88. The van der Waals surface area contributed by atoms with Crippen LogP contribution < -0.4 is 10.6 Å². The Hall–Kier alpha value is -1.35. The first-order valence-electron chi connectivity index (χ1n) is 11.5. The summed E-state index contributed by atoms with van der Waals surface area (Å²) in [7, 11) is 0. The van der Waals surface area contributed by atoms with Gasteiger partial charge in [0.2, 0.25) is 0 Å². The Morgan fingerprint density at radius 3 is 2.29 bits per heavy atom. The molecule has 7 heteroatoms. The highest BCUT2D eigenvalue weighted by Gasteiger charge is 2.34. The largest absolute Gasteiger partial charge is 0.372 e. The predicted octanol–water partition coefficient (Wildman–Crippen LogP) is 4.19. The molecule has 1 aliphatic heterocycles. The number of guanidine groups is 1. The second-order valence-electron chi connectivity index (χ2n) is 8.92. The van der Waals surface area contributed by atoms with Gasteiger partial charge in [0, 0.05) is 31.7 Å². The molecule has 1 amide bonds. The Kier molecular flexibility index (Phi) is 10.1. The van der Waals surface area contributed by atoms with E-state index in [2.05, 4.69) is 24.5 Å². The van der Waals surface area contributed by atoms with Gasteiger partial charge >= 0.3 is 0 Å². The van der Waals surface area contributed by atoms with Gasteiger partial charge in [0.1, 0.15) is 0 Å². The van der Waals surface area contributed by atoms with Gasteiger partial charge in [-0.3, -0.25) is 4.79 Å². The van der Waals surface area contributed by atoms with E-state index in [9.17, 15) is 4.79 Å². The van der Waals surface area contributed by atoms with Crippen molar-refractivity contribution >= 4 is 35.8 Å². The molecule has 6 nitrogen and oxygen atoms in total. The van der Waals surface area contributed by atoms with Gasteiger partial charge in [-0.25, -0.2) is 4.99 Å². The van der Waals surface area contributed by atoms with E-state index in [1.807, 2.05) is 43.0 Å². The summed E-state index contributed by atoms with van der Waals surface area (Å²) in [6.45, 7) is 12.1. The second kappa shape index (κ2) is 12.0. The van der Waals surface area contributed by atoms with E-state index in [4.69, 9.17) is 9.73 Å². The van der Waals surface area contributed by atoms with Crippen LogP contribution in [-0.2, 0) is 11.3 Å². The van der Waals surface area contributed by atoms with Gasteiger partial charge in [-0.1, -0.05) is 25.5 Å². The van der Waals surface area contributed by atoms with E-state index in [0.717, 1.165) is 30.2 Å². The quantitative estimate of drug-likeness (QED) is 0.308. The van der Waals surface area contributed by atoms with Crippen molar-refractivity contribution in [2.24, 2.45) is 10.4 Å². The molecule has 2 atom stereocenters. The minimum atomic E-state index is 0. The molecule has 31 heavy (non-hydrogen) atoms. The molecule has 1 saturated carbocycles. The van der Waals surface area contributed by atoms with Crippen LogP contribution in [0.5, 0.6) is 0 Å². The minimum absolute atomic E-state index is 0. The molecule has 3 rings (SSSR count). The lowest BCUT2D eigenvalue weighted by Gasteiger charge is -2.41. The average Bonchev–Trinajstić information content (AvgIpc) is 2.70. The summed E-state index contributed by atoms with van der Waals surface area (Å²) in [4.78, 5) is 19.5. The summed E-state index contributed by atoms with van der Waals surface area (Å²) >= 11 is 0. The number of hydrogen-bond acceptors (Lipinski definition) is 3. The molecular formula is C24H39IN4O2. The van der Waals surface area contributed by atoms with Gasteiger partial charge in [0.25, 0.3) is 5.91 Å². The van der Waals surface area contributed by atoms with Gasteiger partial charge in [-0.05, 0) is 63.1 Å². The molecule has 0 spiro atoms. The third-order valence-corrected chi connectivity index (χ3v) is 6.47. The monoisotopic (exact) mass is 542 g/mol. The molecule has 0 radical (unpaired) electrons. The maximum atomic E-state index is 12.8. The third-order valence-electron chi connectivity index (χ3n) is 6.47. The summed E-state index contributed by atoms with van der Waals surface area (Å²) < 4.78 is 5.73. The Balaban J connectivity index is 0.00000341. The normalized spacial score (nSPS) is 22.8. The standard InChI is InChI=1S/C24H38N4O2.HI/c1-5-24(12-7-13-24)17-27-23(25-6-2)26-14-20-8-10-21(11-9-20)22(29)28-15-18(3)30-19(4)16-28;/h8-11,18-19H,5-7,12-17H2,1-4H3,(H2,25,26,27);1H. The first-order valence-corrected chi connectivity index (χ1v) is 11.5. The summed E-state index contributed by atoms with van der Waals surface area (Å²) in [6, 6.07) is 7.84. The number of morpholine rings is 1. The number of nitrogens with zero attached hydrogens (tertiary/aromatic N) is 2. The van der Waals surface area contributed by atoms with E-state index in [0.29, 0.717) is 25.0 Å². The fourth-order valence-corrected chi connectivity index (χ4v) is 4.39. The van der Waals surface area contributed by atoms with Gasteiger partial charge in [0.15, 0.2) is 5.96 Å². The molecule has 2 N–H and O–H groups in total. The topological polar surface area (TPSA) is 66.0 Å². The summed E-state index contributed by atoms with van der Waals surface area (Å²) in [6.07, 6.45) is 5.34. The van der Waals surface area contributed by atoms with E-state index in [1.165, 1.54) is 25.7 Å². The molecule has 1 aliphatic carbocycles. The summed E-state index contributed by atoms with van der Waals surface area (Å²) in [5.41, 5.74) is 2.28. The van der Waals surface area contributed by atoms with Gasteiger partial charge in [-0.2, -0.15) is 0 Å². The Morgan fingerprint density at radius 2 is 1.77 bits per heavy atom. The lowest BCUT2D eigenvalue weighted by molar-refractivity contribution is -0.0586. The zero-order valence-electron chi connectivity index (χ0n) is 19.4. The molecule has 0 aromatic heterocycles. The van der Waals surface area contributed by atoms with Crippen molar-refractivity contribution in [2.75, 3.05) is 26.2 Å². The number of carbonyl (C=O) groups is 1. The van der Waals surface area contributed by atoms with Gasteiger partial charge in [-0.15, -0.1) is 24.0 Å². The van der Waals surface area contributed by atoms with Crippen molar-refractivity contribution in [1.82, 2.24) is 15.5 Å². The number of halogens is 1. The van der Waals surface area contributed by atoms with E-state index < -0.39 is 0 Å². The van der Waals surface area contributed by atoms with Crippen molar-refractivity contribution < 1.29 is 9.53 Å². The van der Waals surface area contributed by atoms with Crippen LogP contribution in [0.3, 0.4) is 0 Å². The minimum Gasteiger partial charge on any atom is -0.372 e. The molecular weight excluding hydrogens is 503 g/mol. The van der Waals surface area contributed by atoms with Gasteiger partial charge < -0.3 is 20.3 Å². The lowest BCUT2D eigenvalue weighted by atomic mass is 9.67. The molecule has 1 saturated heterocycles. The number of hydrogen-bond donors (Lipinski definition) is 2. The number of amides is 1. The fraction of sp³-hybridized carbons (Fsp3) is 0.667. The van der Waals surface area contributed by atoms with Crippen molar-refractivity contribution in [1.29, 1.82) is 0 Å². The second-order valence-corrected chi connectivity index (χ2v) is 8.92. The highest BCUT2D eigenvalue weighted by atomic mass is 127. The maximum absolute atomic E-state index is 12.8. The van der Waals surface area contributed by atoms with Crippen LogP contribution >= 0.6 is 24.0 Å². The molecule has 174 valence electrons. The van der Waals surface area contributed by atoms with Crippen LogP contribution in [0.1, 0.15) is 69.3 Å². The van der Waals surface area contributed by atoms with Crippen LogP contribution in [0.25, 0.3) is 0 Å². The molecule has 2 fully saturated rings. The van der Waals surface area contributed by atoms with Crippen molar-refractivity contribution in [3.8, 4) is 0 Å². The van der Waals surface area contributed by atoms with Crippen LogP contribution in [0.15, 0.2) is 29.3 Å². The first-order chi connectivity index (χ1) is 14.4. The van der Waals surface area contributed by atoms with Crippen LogP contribution in [0, 0.1) is 5.41 Å². The molecule has 1 aromatic rings. The number of benzene rings is 1. The van der Waals surface area contributed by atoms with Gasteiger partial charge in [0.05, 0.1) is 18.8 Å². The fourth-order valence-electron chi connectivity index (χ4n) is 4.39. The molecule has 2 aliphatic rings. The van der Waals surface area contributed by atoms with E-state index in [1.54, 1.807) is 0 Å². The maximum Gasteiger partial charge on any atom is 0.254 e. The highest BCUT2D eigenvalue weighted by Crippen LogP contribution is 2.42. The van der Waals surface area contributed by atoms with Crippen LogP contribution in [0.4, 0.5) is 0 Å². The third kappa shape index (κ3) is 7.07. The van der Waals surface area contributed by atoms with E-state index >= 15 is 0 Å². The van der Waals surface area contributed by atoms with Crippen molar-refractivity contribution in [2.45, 2.75) is 72.1 Å². The zero-order valence-corrected chi connectivity index (χ0v) is 21.8. The number of ether oxygens (including phenoxy) is 1. The molecule has 0 bridgehead atoms. The van der Waals surface area contributed by atoms with Crippen LogP contribution in [-0.4, -0.2) is 55.2 Å². The number of aliphatic imine (C=N–C) groups is 1. The first kappa shape index (κ1) is 25.9. The molecule has 1 aromatic carbocycles. The number of nitrogens with one attached hydrogen (secondary N) is 2. The smallest absolute Gasteiger partial charge is 0.254 e. The number of rotatable bonds is 7.